The predicted octanol–water partition coefficient (Wildman–Crippen LogP) is -2.18. The van der Waals surface area contributed by atoms with E-state index in [-0.39, 0.29) is 42.6 Å². The molecule has 31 heavy (non-hydrogen) atoms. The Kier molecular flexibility index (Phi) is 10.3. The van der Waals surface area contributed by atoms with Crippen LogP contribution in [0.2, 0.25) is 0 Å². The second-order valence-corrected chi connectivity index (χ2v) is 8.53. The smallest absolute Gasteiger partial charge is 1.00 e. The standard InChI is InChI=1S/C27H25.3ClH.Ti/c1-20-19-26(22(3)21(20)2)27(23-13-7-4-8-14-23,24-15-9-5-10-16-24)25-17-11-6-12-18-25;;;;/h4-18,26H,1-3H3;3*1H;/q;;;;+3/p-3. The van der Waals surface area contributed by atoms with Crippen molar-refractivity contribution in [2.45, 2.75) is 26.2 Å². The first kappa shape index (κ1) is 27.8. The Balaban J connectivity index is 0.00000160. The van der Waals surface area contributed by atoms with Crippen LogP contribution in [0, 0.1) is 5.92 Å². The number of halogens is 3. The summed E-state index contributed by atoms with van der Waals surface area (Å²) < 4.78 is 1.48. The number of hydrogen-bond acceptors (Lipinski definition) is 0. The summed E-state index contributed by atoms with van der Waals surface area (Å²) in [6.45, 7) is 6.88. The molecule has 4 heteroatoms. The van der Waals surface area contributed by atoms with Crippen LogP contribution in [-0.4, -0.2) is 0 Å². The van der Waals surface area contributed by atoms with Gasteiger partial charge in [0, 0.05) is 0 Å². The molecular weight excluding hydrogens is 479 g/mol. The van der Waals surface area contributed by atoms with Crippen LogP contribution >= 0.6 is 0 Å². The molecule has 1 aliphatic carbocycles. The number of benzene rings is 3. The quantitative estimate of drug-likeness (QED) is 0.281. The molecule has 3 aromatic rings. The number of hydrogen-bond donors (Lipinski definition) is 0. The van der Waals surface area contributed by atoms with Crippen molar-refractivity contribution in [3.05, 3.63) is 128 Å². The minimum absolute atomic E-state index is 0. The van der Waals surface area contributed by atoms with E-state index in [2.05, 4.69) is 132 Å². The van der Waals surface area contributed by atoms with Crippen LogP contribution in [0.3, 0.4) is 0 Å². The number of rotatable bonds is 4. The SMILES string of the molecule is CC1=C(C)C(C(c2ccccc2)(c2ccccc2)c2ccccc2)[C]([Ti+3])=C1C.[Cl-].[Cl-].[Cl-]. The molecule has 0 radical (unpaired) electrons. The zero-order valence-electron chi connectivity index (χ0n) is 17.9. The first-order chi connectivity index (χ1) is 13.6. The summed E-state index contributed by atoms with van der Waals surface area (Å²) in [5, 5.41) is 0. The van der Waals surface area contributed by atoms with Crippen LogP contribution in [0.1, 0.15) is 37.5 Å². The fourth-order valence-corrected chi connectivity index (χ4v) is 5.76. The van der Waals surface area contributed by atoms with Crippen molar-refractivity contribution in [3.63, 3.8) is 0 Å². The second kappa shape index (κ2) is 11.5. The van der Waals surface area contributed by atoms with E-state index in [1.807, 2.05) is 0 Å². The van der Waals surface area contributed by atoms with Gasteiger partial charge in [-0.3, -0.25) is 0 Å². The molecule has 0 bridgehead atoms. The Morgan fingerprint density at radius 2 is 0.871 bits per heavy atom. The summed E-state index contributed by atoms with van der Waals surface area (Å²) in [6.07, 6.45) is 0. The van der Waals surface area contributed by atoms with Crippen LogP contribution in [0.15, 0.2) is 112 Å². The molecule has 1 aliphatic rings. The summed E-state index contributed by atoms with van der Waals surface area (Å²) in [5.41, 5.74) is 8.14. The topological polar surface area (TPSA) is 0 Å². The van der Waals surface area contributed by atoms with Gasteiger partial charge in [-0.25, -0.2) is 0 Å². The van der Waals surface area contributed by atoms with E-state index in [1.54, 1.807) is 0 Å². The van der Waals surface area contributed by atoms with E-state index in [1.165, 1.54) is 37.3 Å². The summed E-state index contributed by atoms with van der Waals surface area (Å²) in [7, 11) is 0. The normalized spacial score (nSPS) is 15.7. The van der Waals surface area contributed by atoms with E-state index in [0.717, 1.165) is 0 Å². The molecule has 1 atom stereocenters. The molecule has 0 amide bonds. The van der Waals surface area contributed by atoms with Crippen molar-refractivity contribution < 1.29 is 57.7 Å². The van der Waals surface area contributed by atoms with Gasteiger partial charge in [-0.15, -0.1) is 0 Å². The summed E-state index contributed by atoms with van der Waals surface area (Å²) >= 11 is 2.32. The first-order valence-corrected chi connectivity index (χ1v) is 10.6. The van der Waals surface area contributed by atoms with E-state index < -0.39 is 0 Å². The zero-order chi connectivity index (χ0) is 19.7. The van der Waals surface area contributed by atoms with Crippen LogP contribution in [0.5, 0.6) is 0 Å². The fraction of sp³-hybridized carbons (Fsp3) is 0.185. The van der Waals surface area contributed by atoms with Crippen molar-refractivity contribution in [2.24, 2.45) is 5.92 Å². The van der Waals surface area contributed by atoms with E-state index in [9.17, 15) is 0 Å². The van der Waals surface area contributed by atoms with Gasteiger partial charge >= 0.3 is 181 Å². The van der Waals surface area contributed by atoms with Crippen molar-refractivity contribution in [1.82, 2.24) is 0 Å². The van der Waals surface area contributed by atoms with Crippen LogP contribution < -0.4 is 37.2 Å². The Bertz CT molecular complexity index is 921. The third kappa shape index (κ3) is 4.61. The van der Waals surface area contributed by atoms with Crippen LogP contribution in [-0.2, 0) is 25.9 Å². The summed E-state index contributed by atoms with van der Waals surface area (Å²) in [4.78, 5) is 0. The molecule has 0 saturated heterocycles. The van der Waals surface area contributed by atoms with Crippen molar-refractivity contribution in [2.75, 3.05) is 0 Å². The van der Waals surface area contributed by atoms with Gasteiger partial charge in [0.1, 0.15) is 0 Å². The Hall–Kier alpha value is -1.28. The Morgan fingerprint density at radius 1 is 0.548 bits per heavy atom. The van der Waals surface area contributed by atoms with Crippen molar-refractivity contribution in [1.29, 1.82) is 0 Å². The molecule has 0 spiro atoms. The minimum Gasteiger partial charge on any atom is -1.00 e. The molecule has 158 valence electrons. The molecule has 4 rings (SSSR count). The molecule has 0 fully saturated rings. The van der Waals surface area contributed by atoms with Gasteiger partial charge in [-0.2, -0.15) is 0 Å². The average molecular weight is 504 g/mol. The molecule has 0 aliphatic heterocycles. The molecule has 0 nitrogen and oxygen atoms in total. The molecule has 3 aromatic carbocycles. The van der Waals surface area contributed by atoms with Crippen LogP contribution in [0.25, 0.3) is 0 Å². The third-order valence-corrected chi connectivity index (χ3v) is 7.44. The molecular formula is C27H25Cl3Ti. The third-order valence-electron chi connectivity index (χ3n) is 6.40. The molecule has 0 saturated carbocycles. The van der Waals surface area contributed by atoms with Crippen molar-refractivity contribution in [3.8, 4) is 0 Å². The zero-order valence-corrected chi connectivity index (χ0v) is 21.7. The van der Waals surface area contributed by atoms with Gasteiger partial charge < -0.3 is 37.2 Å². The molecule has 0 heterocycles. The van der Waals surface area contributed by atoms with Gasteiger partial charge in [-0.1, -0.05) is 0 Å². The monoisotopic (exact) mass is 502 g/mol. The maximum absolute atomic E-state index is 2.32. The maximum atomic E-state index is 2.32. The maximum Gasteiger partial charge on any atom is -1.00 e. The molecule has 0 N–H and O–H groups in total. The van der Waals surface area contributed by atoms with Gasteiger partial charge in [0.2, 0.25) is 0 Å². The van der Waals surface area contributed by atoms with Gasteiger partial charge in [0.15, 0.2) is 0 Å². The van der Waals surface area contributed by atoms with E-state index in [4.69, 9.17) is 0 Å². The van der Waals surface area contributed by atoms with Gasteiger partial charge in [-0.05, 0) is 0 Å². The van der Waals surface area contributed by atoms with Gasteiger partial charge in [0.25, 0.3) is 0 Å². The van der Waals surface area contributed by atoms with E-state index in [0.29, 0.717) is 5.92 Å². The number of allylic oxidation sites excluding steroid dienone is 4. The van der Waals surface area contributed by atoms with Crippen LogP contribution in [0.4, 0.5) is 0 Å². The molecule has 0 aromatic heterocycles. The largest absolute Gasteiger partial charge is 1.00 e. The average Bonchev–Trinajstić information content (AvgIpc) is 2.95. The fourth-order valence-electron chi connectivity index (χ4n) is 4.79. The summed E-state index contributed by atoms with van der Waals surface area (Å²) in [5.74, 6) is 0.305. The Labute approximate surface area is 216 Å². The first-order valence-electron chi connectivity index (χ1n) is 9.85. The Morgan fingerprint density at radius 3 is 1.13 bits per heavy atom. The van der Waals surface area contributed by atoms with Gasteiger partial charge in [0.05, 0.1) is 0 Å². The second-order valence-electron chi connectivity index (χ2n) is 7.69. The predicted molar refractivity (Wildman–Crippen MR) is 114 cm³/mol. The minimum atomic E-state index is -0.253. The van der Waals surface area contributed by atoms with E-state index >= 15 is 0 Å². The summed E-state index contributed by atoms with van der Waals surface area (Å²) in [6, 6.07) is 33.1. The van der Waals surface area contributed by atoms with Crippen molar-refractivity contribution >= 4 is 0 Å². The molecule has 1 unspecified atom stereocenters.